The number of furan rings is 1. The number of carbonyl (C=O) groups excluding carboxylic acids is 1. The number of allylic oxidation sites excluding steroid dienone is 1. The Labute approximate surface area is 256 Å². The zero-order valence-electron chi connectivity index (χ0n) is 24.0. The molecule has 2 aromatic carbocycles. The molecule has 4 aromatic rings. The van der Waals surface area contributed by atoms with Gasteiger partial charge in [-0.25, -0.2) is 14.6 Å². The van der Waals surface area contributed by atoms with E-state index in [0.29, 0.717) is 61.3 Å². The fourth-order valence-corrected chi connectivity index (χ4v) is 6.24. The second-order valence-corrected chi connectivity index (χ2v) is 11.3. The second-order valence-electron chi connectivity index (χ2n) is 9.84. The van der Waals surface area contributed by atoms with Crippen molar-refractivity contribution in [3.63, 3.8) is 0 Å². The Morgan fingerprint density at radius 3 is 2.65 bits per heavy atom. The van der Waals surface area contributed by atoms with Gasteiger partial charge in [-0.3, -0.25) is 9.36 Å². The summed E-state index contributed by atoms with van der Waals surface area (Å²) in [5.41, 5.74) is 2.57. The van der Waals surface area contributed by atoms with Crippen LogP contribution in [-0.2, 0) is 9.53 Å². The second kappa shape index (κ2) is 12.4. The van der Waals surface area contributed by atoms with Gasteiger partial charge in [0.05, 0.1) is 35.1 Å². The first-order valence-electron chi connectivity index (χ1n) is 13.7. The number of nitrogens with zero attached hydrogens (tertiary/aromatic N) is 2. The van der Waals surface area contributed by atoms with Crippen LogP contribution in [0.4, 0.5) is 0 Å². The summed E-state index contributed by atoms with van der Waals surface area (Å²) in [7, 11) is 1.51. The fraction of sp³-hybridized carbons (Fsp3) is 0.250. The Balaban J connectivity index is 1.70. The molecule has 9 nitrogen and oxygen atoms in total. The summed E-state index contributed by atoms with van der Waals surface area (Å²) in [6.07, 6.45) is 2.83. The largest absolute Gasteiger partial charge is 0.496 e. The van der Waals surface area contributed by atoms with Crippen molar-refractivity contribution in [2.24, 2.45) is 4.99 Å². The number of hydrogen-bond acceptors (Lipinski definition) is 8. The van der Waals surface area contributed by atoms with E-state index in [2.05, 4.69) is 0 Å². The maximum absolute atomic E-state index is 14.1. The molecule has 0 fully saturated rings. The number of carboxylic acids is 1. The van der Waals surface area contributed by atoms with E-state index in [1.165, 1.54) is 29.1 Å². The Morgan fingerprint density at radius 2 is 1.95 bits per heavy atom. The third-order valence-electron chi connectivity index (χ3n) is 7.03. The summed E-state index contributed by atoms with van der Waals surface area (Å²) >= 11 is 7.58. The third kappa shape index (κ3) is 5.80. The van der Waals surface area contributed by atoms with E-state index in [-0.39, 0.29) is 23.3 Å². The van der Waals surface area contributed by atoms with Crippen molar-refractivity contribution in [3.8, 4) is 17.1 Å². The number of benzene rings is 2. The molecular weight excluding hydrogens is 592 g/mol. The average molecular weight is 621 g/mol. The molecule has 0 saturated carbocycles. The summed E-state index contributed by atoms with van der Waals surface area (Å²) in [5.74, 6) is -0.278. The van der Waals surface area contributed by atoms with Crippen LogP contribution < -0.4 is 19.6 Å². The van der Waals surface area contributed by atoms with E-state index < -0.39 is 18.0 Å². The van der Waals surface area contributed by atoms with Crippen LogP contribution in [0.1, 0.15) is 60.0 Å². The molecule has 0 bridgehead atoms. The van der Waals surface area contributed by atoms with Gasteiger partial charge in [0.1, 0.15) is 23.3 Å². The highest BCUT2D eigenvalue weighted by Gasteiger charge is 2.36. The Kier molecular flexibility index (Phi) is 8.70. The van der Waals surface area contributed by atoms with Crippen molar-refractivity contribution in [1.29, 1.82) is 0 Å². The lowest BCUT2D eigenvalue weighted by Gasteiger charge is -2.27. The molecule has 1 N–H and O–H groups in total. The number of aromatic carboxylic acids is 1. The first kappa shape index (κ1) is 30.1. The zero-order valence-corrected chi connectivity index (χ0v) is 25.5. The van der Waals surface area contributed by atoms with Crippen molar-refractivity contribution in [1.82, 2.24) is 4.57 Å². The number of ether oxygens (including phenoxy) is 2. The molecule has 1 aliphatic heterocycles. The molecule has 43 heavy (non-hydrogen) atoms. The van der Waals surface area contributed by atoms with Crippen LogP contribution in [0.15, 0.2) is 74.0 Å². The number of aryl methyl sites for hydroxylation is 1. The summed E-state index contributed by atoms with van der Waals surface area (Å²) in [4.78, 5) is 44.2. The van der Waals surface area contributed by atoms with Gasteiger partial charge < -0.3 is 19.0 Å². The predicted octanol–water partition coefficient (Wildman–Crippen LogP) is 5.51. The predicted molar refractivity (Wildman–Crippen MR) is 163 cm³/mol. The van der Waals surface area contributed by atoms with E-state index in [1.807, 2.05) is 13.8 Å². The summed E-state index contributed by atoms with van der Waals surface area (Å²) < 4.78 is 18.9. The van der Waals surface area contributed by atoms with Crippen LogP contribution in [0.5, 0.6) is 5.75 Å². The number of fused-ring (bicyclic) bond motifs is 1. The molecule has 1 aliphatic rings. The van der Waals surface area contributed by atoms with Crippen LogP contribution in [0.2, 0.25) is 5.02 Å². The van der Waals surface area contributed by atoms with Gasteiger partial charge in [-0.1, -0.05) is 42.3 Å². The van der Waals surface area contributed by atoms with Crippen molar-refractivity contribution in [3.05, 3.63) is 107 Å². The molecule has 0 amide bonds. The maximum atomic E-state index is 14.1. The number of esters is 1. The van der Waals surface area contributed by atoms with Gasteiger partial charge in [-0.2, -0.15) is 0 Å². The van der Waals surface area contributed by atoms with Gasteiger partial charge in [-0.05, 0) is 68.3 Å². The van der Waals surface area contributed by atoms with E-state index in [0.717, 1.165) is 5.56 Å². The van der Waals surface area contributed by atoms with Gasteiger partial charge >= 0.3 is 11.9 Å². The van der Waals surface area contributed by atoms with Crippen LogP contribution >= 0.6 is 22.9 Å². The van der Waals surface area contributed by atoms with Crippen molar-refractivity contribution >= 4 is 41.0 Å². The highest BCUT2D eigenvalue weighted by Crippen LogP contribution is 2.38. The molecule has 1 atom stereocenters. The lowest BCUT2D eigenvalue weighted by Crippen LogP contribution is -2.40. The summed E-state index contributed by atoms with van der Waals surface area (Å²) in [6.45, 7) is 5.72. The Morgan fingerprint density at radius 1 is 1.16 bits per heavy atom. The number of aromatic nitrogens is 1. The highest BCUT2D eigenvalue weighted by molar-refractivity contribution is 7.07. The van der Waals surface area contributed by atoms with E-state index in [1.54, 1.807) is 55.5 Å². The van der Waals surface area contributed by atoms with E-state index in [9.17, 15) is 19.5 Å². The van der Waals surface area contributed by atoms with Crippen molar-refractivity contribution < 1.29 is 28.6 Å². The van der Waals surface area contributed by atoms with Crippen molar-refractivity contribution in [2.45, 2.75) is 39.7 Å². The lowest BCUT2D eigenvalue weighted by molar-refractivity contribution is -0.139. The van der Waals surface area contributed by atoms with E-state index >= 15 is 0 Å². The maximum Gasteiger partial charge on any atom is 0.338 e. The normalized spacial score (nSPS) is 14.8. The molecule has 0 unspecified atom stereocenters. The molecule has 0 aliphatic carbocycles. The van der Waals surface area contributed by atoms with Crippen LogP contribution in [0.3, 0.4) is 0 Å². The molecule has 11 heteroatoms. The number of thiazole rings is 1. The molecule has 3 heterocycles. The van der Waals surface area contributed by atoms with Crippen molar-refractivity contribution in [2.75, 3.05) is 13.7 Å². The first-order chi connectivity index (χ1) is 20.7. The van der Waals surface area contributed by atoms with Gasteiger partial charge in [0.25, 0.3) is 5.56 Å². The summed E-state index contributed by atoms with van der Waals surface area (Å²) in [5, 5.41) is 9.83. The number of rotatable bonds is 9. The number of carboxylic acid groups (broad SMARTS) is 1. The van der Waals surface area contributed by atoms with Gasteiger partial charge in [0.2, 0.25) is 0 Å². The van der Waals surface area contributed by atoms with Crippen LogP contribution in [0, 0.1) is 6.92 Å². The minimum Gasteiger partial charge on any atom is -0.496 e. The number of carbonyl (C=O) groups is 2. The standard InChI is InChI=1S/C32H29ClN2O7S/c1-5-7-23-27(31(39)41-6-2)28(22-15-19(33)10-12-24(22)40-4)35-29(36)26(43-32(35)34-23)16-20-11-13-25(42-20)21-14-18(30(37)38)9-8-17(21)3/h8-16,28H,5-7H2,1-4H3,(H,37,38)/b26-16+/t28-/m1/s1. The summed E-state index contributed by atoms with van der Waals surface area (Å²) in [6, 6.07) is 12.4. The monoisotopic (exact) mass is 620 g/mol. The average Bonchev–Trinajstić information content (AvgIpc) is 3.56. The number of methoxy groups -OCH3 is 1. The molecule has 5 rings (SSSR count). The number of hydrogen-bond donors (Lipinski definition) is 1. The quantitative estimate of drug-likeness (QED) is 0.245. The number of halogens is 1. The third-order valence-corrected chi connectivity index (χ3v) is 8.25. The highest BCUT2D eigenvalue weighted by atomic mass is 35.5. The van der Waals surface area contributed by atoms with Crippen LogP contribution in [-0.4, -0.2) is 35.3 Å². The molecular formula is C32H29ClN2O7S. The van der Waals surface area contributed by atoms with Crippen LogP contribution in [0.25, 0.3) is 17.4 Å². The van der Waals surface area contributed by atoms with Gasteiger partial charge in [0, 0.05) is 22.2 Å². The lowest BCUT2D eigenvalue weighted by atomic mass is 9.93. The first-order valence-corrected chi connectivity index (χ1v) is 14.9. The smallest absolute Gasteiger partial charge is 0.338 e. The topological polar surface area (TPSA) is 120 Å². The fourth-order valence-electron chi connectivity index (χ4n) is 5.06. The van der Waals surface area contributed by atoms with E-state index in [4.69, 9.17) is 30.5 Å². The van der Waals surface area contributed by atoms with Gasteiger partial charge in [-0.15, -0.1) is 0 Å². The SMILES string of the molecule is CCCC1=C(C(=O)OCC)[C@@H](c2cc(Cl)ccc2OC)n2c(s/c(=C/c3ccc(-c4cc(C(=O)O)ccc4C)o3)c2=O)=N1. The molecule has 222 valence electrons. The minimum atomic E-state index is -1.04. The Bertz CT molecular complexity index is 1950. The molecule has 2 aromatic heterocycles. The Hall–Kier alpha value is -4.41. The molecule has 0 saturated heterocycles. The zero-order chi connectivity index (χ0) is 30.8. The van der Waals surface area contributed by atoms with Gasteiger partial charge in [0.15, 0.2) is 4.80 Å². The molecule has 0 radical (unpaired) electrons. The molecule has 0 spiro atoms. The minimum absolute atomic E-state index is 0.142.